The Kier molecular flexibility index (Phi) is 4.41. The summed E-state index contributed by atoms with van der Waals surface area (Å²) >= 11 is 0. The van der Waals surface area contributed by atoms with Gasteiger partial charge in [-0.3, -0.25) is 4.79 Å². The Balaban J connectivity index is 1.93. The highest BCUT2D eigenvalue weighted by atomic mass is 16.1. The number of hydrogen-bond acceptors (Lipinski definition) is 3. The average Bonchev–Trinajstić information content (AvgIpc) is 3.24. The first-order valence-corrected chi connectivity index (χ1v) is 7.00. The summed E-state index contributed by atoms with van der Waals surface area (Å²) in [6.07, 6.45) is 4.00. The van der Waals surface area contributed by atoms with Crippen molar-refractivity contribution in [1.29, 1.82) is 0 Å². The predicted molar refractivity (Wildman–Crippen MR) is 79.0 cm³/mol. The number of nitrogens with two attached hydrogens (primary N) is 1. The summed E-state index contributed by atoms with van der Waals surface area (Å²) in [5.41, 5.74) is 6.82. The molecule has 4 nitrogen and oxygen atoms in total. The molecule has 1 aliphatic rings. The van der Waals surface area contributed by atoms with Crippen molar-refractivity contribution in [1.82, 2.24) is 10.3 Å². The van der Waals surface area contributed by atoms with E-state index in [1.54, 1.807) is 18.3 Å². The Morgan fingerprint density at radius 2 is 2.25 bits per heavy atom. The minimum atomic E-state index is -0.116. The maximum atomic E-state index is 12.0. The molecule has 0 aromatic carbocycles. The van der Waals surface area contributed by atoms with Crippen molar-refractivity contribution in [2.45, 2.75) is 26.7 Å². The van der Waals surface area contributed by atoms with Crippen LogP contribution < -0.4 is 11.1 Å². The van der Waals surface area contributed by atoms with Crippen LogP contribution in [0.3, 0.4) is 0 Å². The fourth-order valence-electron chi connectivity index (χ4n) is 2.22. The molecule has 20 heavy (non-hydrogen) atoms. The minimum Gasteiger partial charge on any atom is -0.350 e. The molecule has 1 aromatic heterocycles. The van der Waals surface area contributed by atoms with Gasteiger partial charge in [-0.05, 0) is 36.3 Å². The SMILES string of the molecule is CC(C)C1(CNC(=O)c2ccc(C#CCN)cn2)CC1. The zero-order valence-corrected chi connectivity index (χ0v) is 12.1. The normalized spacial score (nSPS) is 15.4. The van der Waals surface area contributed by atoms with Crippen LogP contribution in [0.2, 0.25) is 0 Å². The second-order valence-electron chi connectivity index (χ2n) is 5.64. The maximum Gasteiger partial charge on any atom is 0.269 e. The molecule has 0 bridgehead atoms. The summed E-state index contributed by atoms with van der Waals surface area (Å²) in [4.78, 5) is 16.2. The monoisotopic (exact) mass is 271 g/mol. The topological polar surface area (TPSA) is 68.0 Å². The van der Waals surface area contributed by atoms with E-state index in [-0.39, 0.29) is 5.91 Å². The van der Waals surface area contributed by atoms with Crippen LogP contribution >= 0.6 is 0 Å². The molecule has 1 aliphatic carbocycles. The molecule has 1 aromatic rings. The number of hydrogen-bond donors (Lipinski definition) is 2. The van der Waals surface area contributed by atoms with Crippen LogP contribution in [0.1, 0.15) is 42.7 Å². The molecule has 0 aliphatic heterocycles. The molecule has 0 saturated heterocycles. The van der Waals surface area contributed by atoms with Crippen LogP contribution in [0.25, 0.3) is 0 Å². The first kappa shape index (κ1) is 14.5. The summed E-state index contributed by atoms with van der Waals surface area (Å²) in [6.45, 7) is 5.48. The molecule has 106 valence electrons. The maximum absolute atomic E-state index is 12.0. The van der Waals surface area contributed by atoms with Gasteiger partial charge in [0.25, 0.3) is 5.91 Å². The second-order valence-corrected chi connectivity index (χ2v) is 5.64. The lowest BCUT2D eigenvalue weighted by atomic mass is 9.92. The lowest BCUT2D eigenvalue weighted by Crippen LogP contribution is -2.33. The highest BCUT2D eigenvalue weighted by Crippen LogP contribution is 2.51. The Bertz CT molecular complexity index is 533. The van der Waals surface area contributed by atoms with Crippen LogP contribution in [-0.2, 0) is 0 Å². The Labute approximate surface area is 120 Å². The molecule has 0 spiro atoms. The highest BCUT2D eigenvalue weighted by molar-refractivity contribution is 5.92. The smallest absolute Gasteiger partial charge is 0.269 e. The van der Waals surface area contributed by atoms with Gasteiger partial charge in [0, 0.05) is 18.3 Å². The Morgan fingerprint density at radius 1 is 1.50 bits per heavy atom. The lowest BCUT2D eigenvalue weighted by Gasteiger charge is -2.19. The summed E-state index contributed by atoms with van der Waals surface area (Å²) < 4.78 is 0. The third-order valence-electron chi connectivity index (χ3n) is 4.05. The number of carbonyl (C=O) groups excluding carboxylic acids is 1. The summed E-state index contributed by atoms with van der Waals surface area (Å²) in [7, 11) is 0. The van der Waals surface area contributed by atoms with Gasteiger partial charge in [0.15, 0.2) is 0 Å². The minimum absolute atomic E-state index is 0.116. The second kappa shape index (κ2) is 6.06. The Hall–Kier alpha value is -1.86. The van der Waals surface area contributed by atoms with Gasteiger partial charge in [-0.25, -0.2) is 4.98 Å². The number of carbonyl (C=O) groups is 1. The van der Waals surface area contributed by atoms with Gasteiger partial charge < -0.3 is 11.1 Å². The third-order valence-corrected chi connectivity index (χ3v) is 4.05. The number of nitrogens with zero attached hydrogens (tertiary/aromatic N) is 1. The molecule has 3 N–H and O–H groups in total. The molecule has 0 radical (unpaired) electrons. The van der Waals surface area contributed by atoms with Gasteiger partial charge in [-0.2, -0.15) is 0 Å². The number of rotatable bonds is 4. The van der Waals surface area contributed by atoms with Crippen molar-refractivity contribution >= 4 is 5.91 Å². The first-order chi connectivity index (χ1) is 9.57. The molecule has 4 heteroatoms. The van der Waals surface area contributed by atoms with Gasteiger partial charge >= 0.3 is 0 Å². The number of aromatic nitrogens is 1. The number of pyridine rings is 1. The Morgan fingerprint density at radius 3 is 2.75 bits per heavy atom. The van der Waals surface area contributed by atoms with Gasteiger partial charge in [0.05, 0.1) is 6.54 Å². The van der Waals surface area contributed by atoms with E-state index in [2.05, 4.69) is 36.0 Å². The van der Waals surface area contributed by atoms with E-state index < -0.39 is 0 Å². The fourth-order valence-corrected chi connectivity index (χ4v) is 2.22. The molecule has 2 rings (SSSR count). The highest BCUT2D eigenvalue weighted by Gasteiger charge is 2.45. The zero-order valence-electron chi connectivity index (χ0n) is 12.1. The molecule has 1 saturated carbocycles. The molecular weight excluding hydrogens is 250 g/mol. The van der Waals surface area contributed by atoms with E-state index in [9.17, 15) is 4.79 Å². The summed E-state index contributed by atoms with van der Waals surface area (Å²) in [6, 6.07) is 3.49. The third kappa shape index (κ3) is 3.37. The molecule has 1 heterocycles. The number of nitrogens with one attached hydrogen (secondary N) is 1. The first-order valence-electron chi connectivity index (χ1n) is 7.00. The van der Waals surface area contributed by atoms with E-state index in [0.29, 0.717) is 23.6 Å². The largest absolute Gasteiger partial charge is 0.350 e. The molecule has 0 unspecified atom stereocenters. The van der Waals surface area contributed by atoms with Crippen molar-refractivity contribution in [2.75, 3.05) is 13.1 Å². The molecular formula is C16H21N3O. The van der Waals surface area contributed by atoms with Crippen molar-refractivity contribution < 1.29 is 4.79 Å². The average molecular weight is 271 g/mol. The van der Waals surface area contributed by atoms with Gasteiger partial charge in [-0.15, -0.1) is 0 Å². The van der Waals surface area contributed by atoms with Crippen LogP contribution in [0.5, 0.6) is 0 Å². The predicted octanol–water partition coefficient (Wildman–Crippen LogP) is 1.56. The van der Waals surface area contributed by atoms with E-state index >= 15 is 0 Å². The van der Waals surface area contributed by atoms with Crippen LogP contribution in [0, 0.1) is 23.2 Å². The van der Waals surface area contributed by atoms with Crippen molar-refractivity contribution in [3.8, 4) is 11.8 Å². The van der Waals surface area contributed by atoms with Crippen LogP contribution in [0.15, 0.2) is 18.3 Å². The van der Waals surface area contributed by atoms with Crippen LogP contribution in [-0.4, -0.2) is 24.0 Å². The fraction of sp³-hybridized carbons (Fsp3) is 0.500. The van der Waals surface area contributed by atoms with Crippen LogP contribution in [0.4, 0.5) is 0 Å². The van der Waals surface area contributed by atoms with Crippen molar-refractivity contribution in [3.63, 3.8) is 0 Å². The zero-order chi connectivity index (χ0) is 14.6. The van der Waals surface area contributed by atoms with E-state index in [1.807, 2.05) is 0 Å². The summed E-state index contributed by atoms with van der Waals surface area (Å²) in [5.74, 6) is 6.12. The molecule has 0 atom stereocenters. The van der Waals surface area contributed by atoms with E-state index in [1.165, 1.54) is 12.8 Å². The summed E-state index contributed by atoms with van der Waals surface area (Å²) in [5, 5.41) is 2.99. The van der Waals surface area contributed by atoms with E-state index in [0.717, 1.165) is 12.1 Å². The quantitative estimate of drug-likeness (QED) is 0.817. The van der Waals surface area contributed by atoms with Crippen molar-refractivity contribution in [2.24, 2.45) is 17.1 Å². The van der Waals surface area contributed by atoms with Crippen molar-refractivity contribution in [3.05, 3.63) is 29.6 Å². The standard InChI is InChI=1S/C16H21N3O/c1-12(2)16(7-8-16)11-19-15(20)14-6-5-13(10-18-14)4-3-9-17/h5-6,10,12H,7-9,11,17H2,1-2H3,(H,19,20). The van der Waals surface area contributed by atoms with Gasteiger partial charge in [0.1, 0.15) is 5.69 Å². The lowest BCUT2D eigenvalue weighted by molar-refractivity contribution is 0.0935. The van der Waals surface area contributed by atoms with E-state index in [4.69, 9.17) is 5.73 Å². The molecule has 1 fully saturated rings. The van der Waals surface area contributed by atoms with Gasteiger partial charge in [-0.1, -0.05) is 25.7 Å². The van der Waals surface area contributed by atoms with Gasteiger partial charge in [0.2, 0.25) is 0 Å². The number of amides is 1. The molecule has 1 amide bonds.